The zero-order valence-electron chi connectivity index (χ0n) is 22.5. The molecule has 4 amide bonds. The number of carbonyl (C=O) groups excluding carboxylic acids is 3. The van der Waals surface area contributed by atoms with Gasteiger partial charge in [0, 0.05) is 25.2 Å². The average molecular weight is 546 g/mol. The van der Waals surface area contributed by atoms with Crippen molar-refractivity contribution >= 4 is 30.8 Å². The molecule has 0 aliphatic carbocycles. The topological polar surface area (TPSA) is 166 Å². The van der Waals surface area contributed by atoms with E-state index in [1.807, 2.05) is 74.5 Å². The number of carbonyl (C=O) groups is 3. The van der Waals surface area contributed by atoms with Gasteiger partial charge in [0.1, 0.15) is 12.1 Å². The number of nitrogens with zero attached hydrogens (tertiary/aromatic N) is 2. The van der Waals surface area contributed by atoms with Gasteiger partial charge in [-0.1, -0.05) is 74.5 Å². The van der Waals surface area contributed by atoms with Gasteiger partial charge in [0.25, 0.3) is 0 Å². The molecule has 3 atom stereocenters. The maximum absolute atomic E-state index is 13.3. The van der Waals surface area contributed by atoms with Gasteiger partial charge in [-0.2, -0.15) is 0 Å². The quantitative estimate of drug-likeness (QED) is 0.177. The van der Waals surface area contributed by atoms with E-state index in [0.29, 0.717) is 6.42 Å². The molecule has 0 aliphatic rings. The Morgan fingerprint density at radius 1 is 0.800 bits per heavy atom. The molecule has 2 aromatic carbocycles. The van der Waals surface area contributed by atoms with Gasteiger partial charge in [-0.05, 0) is 23.5 Å². The lowest BCUT2D eigenvalue weighted by molar-refractivity contribution is -0.123. The van der Waals surface area contributed by atoms with E-state index in [-0.39, 0.29) is 24.6 Å². The number of hydrogen-bond acceptors (Lipinski definition) is 7. The molecule has 0 fully saturated rings. The number of anilines is 1. The highest BCUT2D eigenvalue weighted by atomic mass is 16.4. The first kappa shape index (κ1) is 30.3. The van der Waals surface area contributed by atoms with Crippen LogP contribution in [0.2, 0.25) is 0 Å². The van der Waals surface area contributed by atoms with Crippen molar-refractivity contribution in [2.24, 2.45) is 5.92 Å². The largest absolute Gasteiger partial charge is 0.475 e. The van der Waals surface area contributed by atoms with Gasteiger partial charge in [0.2, 0.25) is 11.8 Å². The predicted molar refractivity (Wildman–Crippen MR) is 152 cm³/mol. The Morgan fingerprint density at radius 3 is 1.82 bits per heavy atom. The van der Waals surface area contributed by atoms with Crippen molar-refractivity contribution in [1.29, 1.82) is 0 Å². The molecule has 11 nitrogen and oxygen atoms in total. The monoisotopic (exact) mass is 546 g/mol. The molecule has 1 aromatic heterocycles. The van der Waals surface area contributed by atoms with E-state index in [1.165, 1.54) is 18.6 Å². The smallest absolute Gasteiger partial charge is 0.426 e. The van der Waals surface area contributed by atoms with Crippen LogP contribution in [0.5, 0.6) is 0 Å². The third kappa shape index (κ3) is 10.1. The van der Waals surface area contributed by atoms with E-state index in [4.69, 9.17) is 0 Å². The Kier molecular flexibility index (Phi) is 11.6. The van der Waals surface area contributed by atoms with E-state index in [1.54, 1.807) is 0 Å². The van der Waals surface area contributed by atoms with Crippen LogP contribution >= 0.6 is 0 Å². The summed E-state index contributed by atoms with van der Waals surface area (Å²) in [5.74, 6) is -1.69. The van der Waals surface area contributed by atoms with Gasteiger partial charge in [-0.3, -0.25) is 14.6 Å². The lowest BCUT2D eigenvalue weighted by Gasteiger charge is -2.25. The first-order valence-corrected chi connectivity index (χ1v) is 13.1. The highest BCUT2D eigenvalue weighted by Crippen LogP contribution is 2.10. The molecule has 3 aromatic rings. The van der Waals surface area contributed by atoms with Gasteiger partial charge in [0.05, 0.1) is 12.1 Å². The second-order valence-electron chi connectivity index (χ2n) is 9.84. The number of hydrogen-bond donors (Lipinski definition) is 6. The number of rotatable bonds is 13. The second-order valence-corrected chi connectivity index (χ2v) is 9.84. The maximum atomic E-state index is 13.3. The molecule has 6 N–H and O–H groups in total. The van der Waals surface area contributed by atoms with Gasteiger partial charge in [0.15, 0.2) is 5.82 Å². The lowest BCUT2D eigenvalue weighted by atomic mass is 9.75. The number of benzene rings is 2. The molecular weight excluding hydrogens is 511 g/mol. The molecule has 0 saturated carbocycles. The summed E-state index contributed by atoms with van der Waals surface area (Å²) in [5.41, 5.74) is 1.60. The summed E-state index contributed by atoms with van der Waals surface area (Å²) in [6.45, 7) is 3.79. The SMILES string of the molecule is CC(C)C[C@H](NC(=O)[C@H](Cc1ccccc1)NC(=O)NC(Cc1ccccc1)C(=O)Nc1cnccn1)B(O)O. The molecule has 40 heavy (non-hydrogen) atoms. The second kappa shape index (κ2) is 15.3. The van der Waals surface area contributed by atoms with Crippen LogP contribution in [0.4, 0.5) is 10.6 Å². The summed E-state index contributed by atoms with van der Waals surface area (Å²) in [7, 11) is -1.77. The fourth-order valence-electron chi connectivity index (χ4n) is 4.10. The zero-order valence-corrected chi connectivity index (χ0v) is 22.5. The summed E-state index contributed by atoms with van der Waals surface area (Å²) in [6, 6.07) is 15.5. The summed E-state index contributed by atoms with van der Waals surface area (Å²) in [4.78, 5) is 47.6. The highest BCUT2D eigenvalue weighted by Gasteiger charge is 2.31. The Labute approximate surface area is 234 Å². The summed E-state index contributed by atoms with van der Waals surface area (Å²) < 4.78 is 0. The van der Waals surface area contributed by atoms with Gasteiger partial charge >= 0.3 is 13.1 Å². The van der Waals surface area contributed by atoms with Crippen LogP contribution in [0.15, 0.2) is 79.3 Å². The molecular formula is C28H35BN6O5. The van der Waals surface area contributed by atoms with Crippen LogP contribution in [0, 0.1) is 5.92 Å². The van der Waals surface area contributed by atoms with Crippen LogP contribution in [-0.2, 0) is 22.4 Å². The Balaban J connectivity index is 1.77. The van der Waals surface area contributed by atoms with Crippen molar-refractivity contribution in [2.45, 2.75) is 51.1 Å². The maximum Gasteiger partial charge on any atom is 0.475 e. The van der Waals surface area contributed by atoms with Crippen molar-refractivity contribution in [1.82, 2.24) is 25.9 Å². The Morgan fingerprint density at radius 2 is 1.35 bits per heavy atom. The van der Waals surface area contributed by atoms with E-state index >= 15 is 0 Å². The molecule has 12 heteroatoms. The van der Waals surface area contributed by atoms with Gasteiger partial charge in [-0.25, -0.2) is 9.78 Å². The molecule has 0 bridgehead atoms. The number of nitrogens with one attached hydrogen (secondary N) is 4. The van der Waals surface area contributed by atoms with E-state index in [0.717, 1.165) is 11.1 Å². The van der Waals surface area contributed by atoms with Gasteiger partial charge in [-0.15, -0.1) is 0 Å². The molecule has 0 radical (unpaired) electrons. The molecule has 1 unspecified atom stereocenters. The number of aromatic nitrogens is 2. The summed E-state index contributed by atoms with van der Waals surface area (Å²) in [5, 5.41) is 30.2. The first-order chi connectivity index (χ1) is 19.2. The molecule has 0 aliphatic heterocycles. The van der Waals surface area contributed by atoms with E-state index in [2.05, 4.69) is 31.2 Å². The first-order valence-electron chi connectivity index (χ1n) is 13.1. The van der Waals surface area contributed by atoms with Crippen LogP contribution in [0.1, 0.15) is 31.4 Å². The summed E-state index contributed by atoms with van der Waals surface area (Å²) in [6.07, 6.45) is 4.96. The van der Waals surface area contributed by atoms with Crippen molar-refractivity contribution in [3.8, 4) is 0 Å². The molecule has 3 rings (SSSR count). The van der Waals surface area contributed by atoms with Gasteiger partial charge < -0.3 is 31.3 Å². The van der Waals surface area contributed by atoms with Crippen LogP contribution in [-0.4, -0.2) is 63.0 Å². The lowest BCUT2D eigenvalue weighted by Crippen LogP contribution is -2.58. The van der Waals surface area contributed by atoms with E-state index in [9.17, 15) is 24.4 Å². The fourth-order valence-corrected chi connectivity index (χ4v) is 4.10. The molecule has 210 valence electrons. The van der Waals surface area contributed by atoms with Crippen molar-refractivity contribution in [2.75, 3.05) is 5.32 Å². The normalized spacial score (nSPS) is 13.0. The van der Waals surface area contributed by atoms with E-state index < -0.39 is 43.0 Å². The zero-order chi connectivity index (χ0) is 28.9. The average Bonchev–Trinajstić information content (AvgIpc) is 2.93. The number of amides is 4. The molecule has 1 heterocycles. The standard InChI is InChI=1S/C28H35BN6O5/c1-19(2)15-24(29(39)40)34-26(36)22(16-20-9-5-3-6-10-20)32-28(38)33-23(17-21-11-7-4-8-12-21)27(37)35-25-18-30-13-14-31-25/h3-14,18-19,22-24,39-40H,15-17H2,1-2H3,(H,34,36)(H,31,35,37)(H2,32,33,38)/t22-,23?,24-/m0/s1. The minimum Gasteiger partial charge on any atom is -0.426 e. The fraction of sp³-hybridized carbons (Fsp3) is 0.321. The minimum absolute atomic E-state index is 0.0856. The van der Waals surface area contributed by atoms with Crippen LogP contribution in [0.3, 0.4) is 0 Å². The van der Waals surface area contributed by atoms with Crippen LogP contribution in [0.25, 0.3) is 0 Å². The van der Waals surface area contributed by atoms with Crippen molar-refractivity contribution < 1.29 is 24.4 Å². The minimum atomic E-state index is -1.77. The predicted octanol–water partition coefficient (Wildman–Crippen LogP) is 1.48. The Hall–Kier alpha value is -4.29. The third-order valence-electron chi connectivity index (χ3n) is 6.04. The Bertz CT molecular complexity index is 1220. The van der Waals surface area contributed by atoms with Crippen LogP contribution < -0.4 is 21.3 Å². The third-order valence-corrected chi connectivity index (χ3v) is 6.04. The number of urea groups is 1. The van der Waals surface area contributed by atoms with Crippen molar-refractivity contribution in [3.63, 3.8) is 0 Å². The molecule has 0 saturated heterocycles. The highest BCUT2D eigenvalue weighted by molar-refractivity contribution is 6.43. The molecule has 0 spiro atoms. The summed E-state index contributed by atoms with van der Waals surface area (Å²) >= 11 is 0. The van der Waals surface area contributed by atoms with Crippen molar-refractivity contribution in [3.05, 3.63) is 90.4 Å².